The summed E-state index contributed by atoms with van der Waals surface area (Å²) in [5.41, 5.74) is 1.14. The first-order valence-electron chi connectivity index (χ1n) is 6.80. The molecular weight excluding hydrogens is 314 g/mol. The molecule has 2 rings (SSSR count). The van der Waals surface area contributed by atoms with Crippen LogP contribution in [0.2, 0.25) is 0 Å². The van der Waals surface area contributed by atoms with Crippen molar-refractivity contribution in [2.45, 2.75) is 20.3 Å². The average Bonchev–Trinajstić information content (AvgIpc) is 2.45. The van der Waals surface area contributed by atoms with E-state index in [9.17, 15) is 4.79 Å². The number of carbonyl (C=O) groups is 1. The average molecular weight is 334 g/mol. The van der Waals surface area contributed by atoms with Crippen LogP contribution < -0.4 is 5.32 Å². The van der Waals surface area contributed by atoms with Crippen LogP contribution in [0.25, 0.3) is 10.8 Å². The lowest BCUT2D eigenvalue weighted by Gasteiger charge is -2.21. The van der Waals surface area contributed by atoms with Gasteiger partial charge in [0.25, 0.3) is 0 Å². The van der Waals surface area contributed by atoms with E-state index in [-0.39, 0.29) is 11.3 Å². The van der Waals surface area contributed by atoms with Crippen molar-refractivity contribution in [1.29, 1.82) is 0 Å². The summed E-state index contributed by atoms with van der Waals surface area (Å²) >= 11 is 3.46. The number of amides is 1. The maximum Gasteiger partial charge on any atom is 0.224 e. The number of hydrogen-bond acceptors (Lipinski definition) is 1. The molecule has 1 amide bonds. The zero-order chi connectivity index (χ0) is 14.6. The highest BCUT2D eigenvalue weighted by Gasteiger charge is 2.17. The van der Waals surface area contributed by atoms with Gasteiger partial charge in [-0.05, 0) is 21.8 Å². The third-order valence-electron chi connectivity index (χ3n) is 3.30. The van der Waals surface area contributed by atoms with Crippen LogP contribution in [0, 0.1) is 5.41 Å². The number of halogens is 1. The summed E-state index contributed by atoms with van der Waals surface area (Å²) in [6, 6.07) is 14.4. The minimum Gasteiger partial charge on any atom is -0.355 e. The molecule has 2 nitrogen and oxygen atoms in total. The number of fused-ring (bicyclic) bond motifs is 1. The Bertz CT molecular complexity index is 607. The van der Waals surface area contributed by atoms with Crippen molar-refractivity contribution >= 4 is 32.6 Å². The van der Waals surface area contributed by atoms with Gasteiger partial charge in [-0.15, -0.1) is 0 Å². The van der Waals surface area contributed by atoms with Crippen molar-refractivity contribution in [3.8, 4) is 0 Å². The molecule has 0 radical (unpaired) electrons. The Balaban J connectivity index is 1.99. The van der Waals surface area contributed by atoms with Gasteiger partial charge in [-0.1, -0.05) is 72.2 Å². The number of rotatable bonds is 5. The first-order valence-corrected chi connectivity index (χ1v) is 7.93. The number of alkyl halides is 1. The second-order valence-electron chi connectivity index (χ2n) is 5.93. The van der Waals surface area contributed by atoms with Gasteiger partial charge in [-0.25, -0.2) is 0 Å². The van der Waals surface area contributed by atoms with E-state index in [1.807, 2.05) is 18.2 Å². The maximum absolute atomic E-state index is 12.0. The van der Waals surface area contributed by atoms with E-state index in [1.165, 1.54) is 10.8 Å². The molecule has 0 unspecified atom stereocenters. The lowest BCUT2D eigenvalue weighted by atomic mass is 9.96. The highest BCUT2D eigenvalue weighted by Crippen LogP contribution is 2.17. The second kappa shape index (κ2) is 6.40. The van der Waals surface area contributed by atoms with Crippen molar-refractivity contribution in [3.05, 3.63) is 48.0 Å². The number of carbonyl (C=O) groups excluding carboxylic acids is 1. The van der Waals surface area contributed by atoms with Gasteiger partial charge in [0.2, 0.25) is 5.91 Å². The van der Waals surface area contributed by atoms with E-state index in [0.29, 0.717) is 13.0 Å². The summed E-state index contributed by atoms with van der Waals surface area (Å²) in [6.07, 6.45) is 0.434. The van der Waals surface area contributed by atoms with E-state index in [1.54, 1.807) is 0 Å². The van der Waals surface area contributed by atoms with Gasteiger partial charge in [-0.3, -0.25) is 4.79 Å². The first-order chi connectivity index (χ1) is 9.50. The Morgan fingerprint density at radius 1 is 1.15 bits per heavy atom. The predicted octanol–water partition coefficient (Wildman–Crippen LogP) is 3.92. The molecule has 2 aromatic rings. The quantitative estimate of drug-likeness (QED) is 0.825. The summed E-state index contributed by atoms with van der Waals surface area (Å²) in [7, 11) is 0. The van der Waals surface area contributed by atoms with E-state index in [4.69, 9.17) is 0 Å². The Labute approximate surface area is 128 Å². The largest absolute Gasteiger partial charge is 0.355 e. The molecule has 0 spiro atoms. The van der Waals surface area contributed by atoms with Crippen LogP contribution in [0.4, 0.5) is 0 Å². The molecule has 0 aromatic heterocycles. The Hall–Kier alpha value is -1.35. The van der Waals surface area contributed by atoms with Gasteiger partial charge in [0.1, 0.15) is 0 Å². The lowest BCUT2D eigenvalue weighted by Crippen LogP contribution is -2.35. The first kappa shape index (κ1) is 15.0. The van der Waals surface area contributed by atoms with Crippen molar-refractivity contribution < 1.29 is 4.79 Å². The van der Waals surface area contributed by atoms with Gasteiger partial charge < -0.3 is 5.32 Å². The van der Waals surface area contributed by atoms with Crippen LogP contribution in [-0.2, 0) is 11.2 Å². The summed E-state index contributed by atoms with van der Waals surface area (Å²) in [6.45, 7) is 4.93. The lowest BCUT2D eigenvalue weighted by molar-refractivity contribution is -0.120. The van der Waals surface area contributed by atoms with Crippen molar-refractivity contribution in [3.63, 3.8) is 0 Å². The van der Waals surface area contributed by atoms with Crippen LogP contribution in [-0.4, -0.2) is 17.8 Å². The molecule has 106 valence electrons. The van der Waals surface area contributed by atoms with Crippen LogP contribution in [0.1, 0.15) is 19.4 Å². The summed E-state index contributed by atoms with van der Waals surface area (Å²) < 4.78 is 0. The normalized spacial score (nSPS) is 11.6. The maximum atomic E-state index is 12.0. The minimum atomic E-state index is 0.0781. The third-order valence-corrected chi connectivity index (χ3v) is 4.82. The molecule has 0 aliphatic carbocycles. The van der Waals surface area contributed by atoms with Gasteiger partial charge >= 0.3 is 0 Å². The van der Waals surface area contributed by atoms with Gasteiger partial charge in [0, 0.05) is 11.9 Å². The van der Waals surface area contributed by atoms with E-state index < -0.39 is 0 Å². The molecule has 0 heterocycles. The van der Waals surface area contributed by atoms with E-state index in [0.717, 1.165) is 10.9 Å². The zero-order valence-electron chi connectivity index (χ0n) is 11.9. The fourth-order valence-corrected chi connectivity index (χ4v) is 2.18. The number of nitrogens with one attached hydrogen (secondary N) is 1. The molecule has 3 heteroatoms. The molecule has 0 aliphatic heterocycles. The van der Waals surface area contributed by atoms with E-state index in [2.05, 4.69) is 59.4 Å². The van der Waals surface area contributed by atoms with Crippen LogP contribution in [0.3, 0.4) is 0 Å². The predicted molar refractivity (Wildman–Crippen MR) is 88.2 cm³/mol. The zero-order valence-corrected chi connectivity index (χ0v) is 13.5. The highest BCUT2D eigenvalue weighted by molar-refractivity contribution is 9.09. The van der Waals surface area contributed by atoms with Crippen LogP contribution in [0.15, 0.2) is 42.5 Å². The Morgan fingerprint density at radius 3 is 2.55 bits per heavy atom. The fourth-order valence-electron chi connectivity index (χ4n) is 1.98. The molecule has 0 saturated heterocycles. The van der Waals surface area contributed by atoms with Crippen molar-refractivity contribution in [1.82, 2.24) is 5.32 Å². The Morgan fingerprint density at radius 2 is 1.85 bits per heavy atom. The monoisotopic (exact) mass is 333 g/mol. The molecule has 2 aromatic carbocycles. The number of benzene rings is 2. The standard InChI is InChI=1S/C17H20BrNO/c1-17(2,11-18)12-19-16(20)10-13-7-8-14-5-3-4-6-15(14)9-13/h3-9H,10-12H2,1-2H3,(H,19,20). The summed E-state index contributed by atoms with van der Waals surface area (Å²) in [4.78, 5) is 12.0. The van der Waals surface area contributed by atoms with Crippen LogP contribution in [0.5, 0.6) is 0 Å². The van der Waals surface area contributed by atoms with Crippen LogP contribution >= 0.6 is 15.9 Å². The second-order valence-corrected chi connectivity index (χ2v) is 6.49. The summed E-state index contributed by atoms with van der Waals surface area (Å²) in [5.74, 6) is 0.0781. The van der Waals surface area contributed by atoms with E-state index >= 15 is 0 Å². The highest BCUT2D eigenvalue weighted by atomic mass is 79.9. The molecule has 0 saturated carbocycles. The topological polar surface area (TPSA) is 29.1 Å². The molecule has 0 aliphatic rings. The van der Waals surface area contributed by atoms with Gasteiger partial charge in [0.05, 0.1) is 6.42 Å². The van der Waals surface area contributed by atoms with Crippen molar-refractivity contribution in [2.24, 2.45) is 5.41 Å². The third kappa shape index (κ3) is 4.07. The Kier molecular flexibility index (Phi) is 4.81. The minimum absolute atomic E-state index is 0.0781. The molecule has 0 atom stereocenters. The SMILES string of the molecule is CC(C)(CBr)CNC(=O)Cc1ccc2ccccc2c1. The molecular formula is C17H20BrNO. The smallest absolute Gasteiger partial charge is 0.224 e. The molecule has 0 fully saturated rings. The number of hydrogen-bond donors (Lipinski definition) is 1. The fraction of sp³-hybridized carbons (Fsp3) is 0.353. The van der Waals surface area contributed by atoms with Gasteiger partial charge in [0.15, 0.2) is 0 Å². The molecule has 1 N–H and O–H groups in total. The molecule has 0 bridgehead atoms. The molecule has 20 heavy (non-hydrogen) atoms. The van der Waals surface area contributed by atoms with Gasteiger partial charge in [-0.2, -0.15) is 0 Å². The van der Waals surface area contributed by atoms with Crippen molar-refractivity contribution in [2.75, 3.05) is 11.9 Å². The summed E-state index contributed by atoms with van der Waals surface area (Å²) in [5, 5.41) is 6.26.